The van der Waals surface area contributed by atoms with Gasteiger partial charge < -0.3 is 5.32 Å². The van der Waals surface area contributed by atoms with Crippen LogP contribution in [-0.2, 0) is 0 Å². The van der Waals surface area contributed by atoms with Crippen LogP contribution < -0.4 is 5.32 Å². The molecule has 4 rings (SSSR count). The van der Waals surface area contributed by atoms with Crippen molar-refractivity contribution in [2.75, 3.05) is 18.4 Å². The minimum atomic E-state index is -0.419. The van der Waals surface area contributed by atoms with Crippen molar-refractivity contribution in [3.8, 4) is 17.3 Å². The Morgan fingerprint density at radius 1 is 1.19 bits per heavy atom. The van der Waals surface area contributed by atoms with E-state index < -0.39 is 11.8 Å². The minimum Gasteiger partial charge on any atom is -0.362 e. The van der Waals surface area contributed by atoms with Gasteiger partial charge in [0, 0.05) is 18.7 Å². The second-order valence-corrected chi connectivity index (χ2v) is 8.52. The molecule has 10 heteroatoms. The highest BCUT2D eigenvalue weighted by atomic mass is 79.9. The van der Waals surface area contributed by atoms with Crippen molar-refractivity contribution in [3.05, 3.63) is 57.6 Å². The number of amides is 2. The van der Waals surface area contributed by atoms with Crippen LogP contribution in [0.1, 0.15) is 40.1 Å². The molecule has 32 heavy (non-hydrogen) atoms. The van der Waals surface area contributed by atoms with Crippen LogP contribution in [0.15, 0.2) is 51.1 Å². The number of fused-ring (bicyclic) bond motifs is 1. The maximum atomic E-state index is 12.7. The number of carbonyl (C=O) groups excluding carboxylic acids is 2. The number of benzene rings is 2. The number of hydrogen-bond donors (Lipinski definition) is 1. The SMILES string of the molecule is CCNc1nc(-c2ccccc2)c(/N=N/c2c(C#N)cc3c(c2Br)C(=O)N(CC)C3=O)s1. The summed E-state index contributed by atoms with van der Waals surface area (Å²) >= 11 is 4.72. The number of anilines is 1. The van der Waals surface area contributed by atoms with Gasteiger partial charge in [-0.15, -0.1) is 10.2 Å². The Kier molecular flexibility index (Phi) is 6.12. The molecular weight excluding hydrogens is 492 g/mol. The van der Waals surface area contributed by atoms with Crippen molar-refractivity contribution in [2.45, 2.75) is 13.8 Å². The quantitative estimate of drug-likeness (QED) is 0.328. The van der Waals surface area contributed by atoms with Crippen LogP contribution in [0.25, 0.3) is 11.3 Å². The fourth-order valence-electron chi connectivity index (χ4n) is 3.35. The first-order chi connectivity index (χ1) is 15.5. The molecule has 1 aliphatic heterocycles. The Bertz CT molecular complexity index is 1300. The number of halogens is 1. The molecule has 2 amide bonds. The zero-order valence-corrected chi connectivity index (χ0v) is 19.6. The van der Waals surface area contributed by atoms with E-state index >= 15 is 0 Å². The Balaban J connectivity index is 1.82. The van der Waals surface area contributed by atoms with Crippen molar-refractivity contribution in [2.24, 2.45) is 10.2 Å². The van der Waals surface area contributed by atoms with Crippen molar-refractivity contribution < 1.29 is 9.59 Å². The van der Waals surface area contributed by atoms with E-state index in [2.05, 4.69) is 42.5 Å². The molecule has 0 unspecified atom stereocenters. The number of imide groups is 1. The van der Waals surface area contributed by atoms with E-state index in [1.54, 1.807) is 6.92 Å². The van der Waals surface area contributed by atoms with Gasteiger partial charge in [-0.05, 0) is 35.8 Å². The third kappa shape index (κ3) is 3.70. The molecule has 2 aromatic carbocycles. The molecule has 0 aliphatic carbocycles. The van der Waals surface area contributed by atoms with E-state index in [9.17, 15) is 14.9 Å². The lowest BCUT2D eigenvalue weighted by Crippen LogP contribution is -2.29. The van der Waals surface area contributed by atoms with Crippen LogP contribution in [0, 0.1) is 11.3 Å². The van der Waals surface area contributed by atoms with Gasteiger partial charge in [0.2, 0.25) is 0 Å². The Morgan fingerprint density at radius 2 is 1.94 bits per heavy atom. The molecule has 3 aromatic rings. The molecule has 0 spiro atoms. The summed E-state index contributed by atoms with van der Waals surface area (Å²) in [5.74, 6) is -0.838. The van der Waals surface area contributed by atoms with Gasteiger partial charge in [-0.3, -0.25) is 14.5 Å². The molecule has 0 fully saturated rings. The van der Waals surface area contributed by atoms with E-state index in [1.165, 1.54) is 17.4 Å². The number of nitriles is 1. The molecule has 2 heterocycles. The van der Waals surface area contributed by atoms with E-state index in [0.29, 0.717) is 22.4 Å². The van der Waals surface area contributed by atoms with E-state index in [-0.39, 0.29) is 33.4 Å². The summed E-state index contributed by atoms with van der Waals surface area (Å²) in [6.07, 6.45) is 0. The molecule has 0 radical (unpaired) electrons. The number of azo groups is 1. The minimum absolute atomic E-state index is 0.149. The van der Waals surface area contributed by atoms with Gasteiger partial charge in [0.15, 0.2) is 10.1 Å². The Morgan fingerprint density at radius 3 is 2.59 bits per heavy atom. The molecule has 0 atom stereocenters. The second kappa shape index (κ2) is 8.98. The summed E-state index contributed by atoms with van der Waals surface area (Å²) in [6, 6.07) is 13.1. The predicted molar refractivity (Wildman–Crippen MR) is 126 cm³/mol. The topological polar surface area (TPSA) is 111 Å². The van der Waals surface area contributed by atoms with Gasteiger partial charge in [0.05, 0.1) is 21.2 Å². The number of nitrogens with one attached hydrogen (secondary N) is 1. The van der Waals surface area contributed by atoms with E-state index in [4.69, 9.17) is 0 Å². The summed E-state index contributed by atoms with van der Waals surface area (Å²) in [5.41, 5.74) is 2.28. The summed E-state index contributed by atoms with van der Waals surface area (Å²) < 4.78 is 0.280. The van der Waals surface area contributed by atoms with Gasteiger partial charge in [-0.25, -0.2) is 4.98 Å². The lowest BCUT2D eigenvalue weighted by molar-refractivity contribution is 0.0662. The fraction of sp³-hybridized carbons (Fsp3) is 0.182. The maximum absolute atomic E-state index is 12.7. The molecule has 1 aliphatic rings. The number of carbonyl (C=O) groups is 2. The highest BCUT2D eigenvalue weighted by molar-refractivity contribution is 9.10. The van der Waals surface area contributed by atoms with Crippen LogP contribution >= 0.6 is 27.3 Å². The molecule has 0 bridgehead atoms. The zero-order valence-electron chi connectivity index (χ0n) is 17.2. The fourth-order valence-corrected chi connectivity index (χ4v) is 4.90. The van der Waals surface area contributed by atoms with Crippen molar-refractivity contribution >= 4 is 54.9 Å². The third-order valence-electron chi connectivity index (χ3n) is 4.84. The number of nitrogens with zero attached hydrogens (tertiary/aromatic N) is 5. The molecule has 160 valence electrons. The summed E-state index contributed by atoms with van der Waals surface area (Å²) in [5, 5.41) is 22.8. The van der Waals surface area contributed by atoms with Crippen molar-refractivity contribution in [1.82, 2.24) is 9.88 Å². The molecule has 1 N–H and O–H groups in total. The van der Waals surface area contributed by atoms with Gasteiger partial charge in [-0.2, -0.15) is 5.26 Å². The molecular formula is C22H17BrN6O2S. The van der Waals surface area contributed by atoms with Crippen LogP contribution in [0.2, 0.25) is 0 Å². The van der Waals surface area contributed by atoms with E-state index in [1.807, 2.05) is 37.3 Å². The van der Waals surface area contributed by atoms with Crippen LogP contribution in [0.4, 0.5) is 15.8 Å². The first-order valence-electron chi connectivity index (χ1n) is 9.84. The smallest absolute Gasteiger partial charge is 0.262 e. The number of thiazole rings is 1. The first-order valence-corrected chi connectivity index (χ1v) is 11.5. The Hall–Kier alpha value is -3.42. The number of aromatic nitrogens is 1. The zero-order chi connectivity index (χ0) is 22.8. The normalized spacial score (nSPS) is 13.0. The average molecular weight is 509 g/mol. The predicted octanol–water partition coefficient (Wildman–Crippen LogP) is 5.91. The van der Waals surface area contributed by atoms with Gasteiger partial charge >= 0.3 is 0 Å². The van der Waals surface area contributed by atoms with Crippen LogP contribution in [-0.4, -0.2) is 34.8 Å². The summed E-state index contributed by atoms with van der Waals surface area (Å²) in [4.78, 5) is 31.0. The second-order valence-electron chi connectivity index (χ2n) is 6.74. The maximum Gasteiger partial charge on any atom is 0.262 e. The lowest BCUT2D eigenvalue weighted by atomic mass is 10.0. The highest BCUT2D eigenvalue weighted by Crippen LogP contribution is 2.42. The monoisotopic (exact) mass is 508 g/mol. The van der Waals surface area contributed by atoms with Gasteiger partial charge in [0.25, 0.3) is 11.8 Å². The van der Waals surface area contributed by atoms with Crippen LogP contribution in [0.5, 0.6) is 0 Å². The summed E-state index contributed by atoms with van der Waals surface area (Å²) in [6.45, 7) is 4.64. The molecule has 0 saturated heterocycles. The largest absolute Gasteiger partial charge is 0.362 e. The van der Waals surface area contributed by atoms with Gasteiger partial charge in [0.1, 0.15) is 17.5 Å². The standard InChI is InChI=1S/C22H17BrN6O2S/c1-3-25-22-26-18(12-8-6-5-7-9-12)19(32-22)28-27-17-13(11-24)10-14-15(16(17)23)21(31)29(4-2)20(14)30/h5-10H,3-4H2,1-2H3,(H,25,26)/b28-27+. The third-order valence-corrected chi connectivity index (χ3v) is 6.51. The van der Waals surface area contributed by atoms with E-state index in [0.717, 1.165) is 10.5 Å². The molecule has 0 saturated carbocycles. The number of rotatable bonds is 6. The van der Waals surface area contributed by atoms with Crippen molar-refractivity contribution in [3.63, 3.8) is 0 Å². The molecule has 1 aromatic heterocycles. The average Bonchev–Trinajstić information content (AvgIpc) is 3.31. The first kappa shape index (κ1) is 21.8. The van der Waals surface area contributed by atoms with Gasteiger partial charge in [-0.1, -0.05) is 41.7 Å². The Labute approximate surface area is 196 Å². The van der Waals surface area contributed by atoms with Crippen LogP contribution in [0.3, 0.4) is 0 Å². The van der Waals surface area contributed by atoms with Crippen molar-refractivity contribution in [1.29, 1.82) is 5.26 Å². The number of hydrogen-bond acceptors (Lipinski definition) is 8. The lowest BCUT2D eigenvalue weighted by Gasteiger charge is -2.09. The highest BCUT2D eigenvalue weighted by Gasteiger charge is 2.38. The molecule has 8 nitrogen and oxygen atoms in total. The summed E-state index contributed by atoms with van der Waals surface area (Å²) in [7, 11) is 0.